The summed E-state index contributed by atoms with van der Waals surface area (Å²) < 4.78 is 20.8. The lowest BCUT2D eigenvalue weighted by Crippen LogP contribution is -2.43. The molecule has 9 heteroatoms. The van der Waals surface area contributed by atoms with Crippen LogP contribution in [0.15, 0.2) is 12.1 Å². The minimum atomic E-state index is -1.08. The molecule has 144 valence electrons. The first-order valence-corrected chi connectivity index (χ1v) is 7.87. The molecule has 3 amide bonds. The summed E-state index contributed by atoms with van der Waals surface area (Å²) in [5.41, 5.74) is 0.777. The second kappa shape index (κ2) is 10.1. The van der Waals surface area contributed by atoms with E-state index in [4.69, 9.17) is 18.9 Å². The Bertz CT molecular complexity index is 636. The van der Waals surface area contributed by atoms with Gasteiger partial charge in [-0.25, -0.2) is 4.79 Å². The average molecular weight is 368 g/mol. The van der Waals surface area contributed by atoms with Crippen molar-refractivity contribution in [1.82, 2.24) is 10.6 Å². The van der Waals surface area contributed by atoms with Crippen molar-refractivity contribution < 1.29 is 33.3 Å². The topological polar surface area (TPSA) is 112 Å². The number of nitrogens with one attached hydrogen (secondary N) is 2. The van der Waals surface area contributed by atoms with Crippen LogP contribution in [0.2, 0.25) is 0 Å². The smallest absolute Gasteiger partial charge is 0.321 e. The van der Waals surface area contributed by atoms with Crippen molar-refractivity contribution in [2.75, 3.05) is 28.4 Å². The van der Waals surface area contributed by atoms with E-state index in [9.17, 15) is 14.4 Å². The number of amides is 3. The van der Waals surface area contributed by atoms with E-state index < -0.39 is 24.0 Å². The van der Waals surface area contributed by atoms with Gasteiger partial charge < -0.3 is 24.3 Å². The van der Waals surface area contributed by atoms with Gasteiger partial charge in [-0.3, -0.25) is 14.9 Å². The number of ether oxygens (including phenoxy) is 4. The largest absolute Gasteiger partial charge is 0.493 e. The molecule has 1 rings (SSSR count). The van der Waals surface area contributed by atoms with Gasteiger partial charge in [0.1, 0.15) is 0 Å². The van der Waals surface area contributed by atoms with Crippen LogP contribution in [0.3, 0.4) is 0 Å². The van der Waals surface area contributed by atoms with Crippen LogP contribution in [0.25, 0.3) is 0 Å². The summed E-state index contributed by atoms with van der Waals surface area (Å²) in [5, 5.41) is 4.27. The van der Waals surface area contributed by atoms with E-state index in [-0.39, 0.29) is 6.42 Å². The molecule has 0 spiro atoms. The van der Waals surface area contributed by atoms with E-state index in [1.54, 1.807) is 12.1 Å². The molecule has 1 aromatic rings. The molecular formula is C17H24N2O7. The lowest BCUT2D eigenvalue weighted by atomic mass is 10.1. The highest BCUT2D eigenvalue weighted by molar-refractivity contribution is 5.96. The summed E-state index contributed by atoms with van der Waals surface area (Å²) >= 11 is 0. The van der Waals surface area contributed by atoms with Crippen molar-refractivity contribution in [2.45, 2.75) is 25.9 Å². The molecule has 0 saturated carbocycles. The number of rotatable bonds is 8. The second-order valence-corrected chi connectivity index (χ2v) is 5.23. The van der Waals surface area contributed by atoms with E-state index >= 15 is 0 Å². The zero-order chi connectivity index (χ0) is 19.7. The van der Waals surface area contributed by atoms with E-state index in [1.807, 2.05) is 5.32 Å². The number of carbonyl (C=O) groups is 3. The molecule has 0 aliphatic carbocycles. The third-order valence-electron chi connectivity index (χ3n) is 3.48. The molecule has 0 bridgehead atoms. The molecule has 0 fully saturated rings. The molecule has 0 aliphatic heterocycles. The van der Waals surface area contributed by atoms with Gasteiger partial charge in [0.2, 0.25) is 5.75 Å². The zero-order valence-corrected chi connectivity index (χ0v) is 15.5. The maximum atomic E-state index is 11.9. The normalized spacial score (nSPS) is 11.1. The molecule has 1 atom stereocenters. The maximum absolute atomic E-state index is 11.9. The average Bonchev–Trinajstić information content (AvgIpc) is 2.64. The van der Waals surface area contributed by atoms with Gasteiger partial charge in [0.15, 0.2) is 17.6 Å². The van der Waals surface area contributed by atoms with E-state index in [2.05, 4.69) is 5.32 Å². The Balaban J connectivity index is 2.67. The monoisotopic (exact) mass is 368 g/mol. The Morgan fingerprint density at radius 2 is 1.62 bits per heavy atom. The Kier molecular flexibility index (Phi) is 8.20. The van der Waals surface area contributed by atoms with Crippen LogP contribution in [0.1, 0.15) is 18.9 Å². The number of hydrogen-bond donors (Lipinski definition) is 2. The van der Waals surface area contributed by atoms with Crippen LogP contribution >= 0.6 is 0 Å². The molecule has 0 heterocycles. The first kappa shape index (κ1) is 21.1. The molecule has 26 heavy (non-hydrogen) atoms. The third kappa shape index (κ3) is 5.83. The number of methoxy groups -OCH3 is 3. The van der Waals surface area contributed by atoms with Crippen molar-refractivity contribution in [2.24, 2.45) is 0 Å². The van der Waals surface area contributed by atoms with Gasteiger partial charge >= 0.3 is 12.0 Å². The number of carbonyl (C=O) groups excluding carboxylic acids is 3. The number of hydrogen-bond acceptors (Lipinski definition) is 7. The van der Waals surface area contributed by atoms with Crippen molar-refractivity contribution in [1.29, 1.82) is 0 Å². The Labute approximate surface area is 151 Å². The Hall–Kier alpha value is -2.97. The molecule has 0 aliphatic rings. The van der Waals surface area contributed by atoms with Crippen molar-refractivity contribution in [3.63, 3.8) is 0 Å². The number of benzene rings is 1. The van der Waals surface area contributed by atoms with Crippen molar-refractivity contribution in [3.8, 4) is 17.2 Å². The summed E-state index contributed by atoms with van der Waals surface area (Å²) in [6, 6.07) is 2.79. The van der Waals surface area contributed by atoms with Gasteiger partial charge in [-0.15, -0.1) is 0 Å². The third-order valence-corrected chi connectivity index (χ3v) is 3.48. The van der Waals surface area contributed by atoms with E-state index in [1.165, 1.54) is 35.3 Å². The van der Waals surface area contributed by atoms with Gasteiger partial charge in [0, 0.05) is 13.5 Å². The predicted octanol–water partition coefficient (Wildman–Crippen LogP) is 1.03. The predicted molar refractivity (Wildman–Crippen MR) is 92.6 cm³/mol. The number of imide groups is 1. The number of aryl methyl sites for hydroxylation is 1. The van der Waals surface area contributed by atoms with Crippen LogP contribution < -0.4 is 24.8 Å². The first-order valence-electron chi connectivity index (χ1n) is 7.87. The van der Waals surface area contributed by atoms with Crippen LogP contribution in [-0.2, 0) is 20.7 Å². The molecule has 2 N–H and O–H groups in total. The van der Waals surface area contributed by atoms with E-state index in [0.717, 1.165) is 5.56 Å². The van der Waals surface area contributed by atoms with Crippen molar-refractivity contribution >= 4 is 17.9 Å². The van der Waals surface area contributed by atoms with Crippen molar-refractivity contribution in [3.05, 3.63) is 17.7 Å². The summed E-state index contributed by atoms with van der Waals surface area (Å²) in [6.45, 7) is 1.38. The molecule has 0 unspecified atom stereocenters. The molecular weight excluding hydrogens is 344 g/mol. The summed E-state index contributed by atoms with van der Waals surface area (Å²) in [4.78, 5) is 34.7. The fraction of sp³-hybridized carbons (Fsp3) is 0.471. The molecule has 0 aromatic heterocycles. The number of urea groups is 1. The maximum Gasteiger partial charge on any atom is 0.321 e. The second-order valence-electron chi connectivity index (χ2n) is 5.23. The lowest BCUT2D eigenvalue weighted by molar-refractivity contribution is -0.154. The quantitative estimate of drug-likeness (QED) is 0.659. The fourth-order valence-electron chi connectivity index (χ4n) is 2.11. The van der Waals surface area contributed by atoms with Gasteiger partial charge in [-0.05, 0) is 31.0 Å². The summed E-state index contributed by atoms with van der Waals surface area (Å²) in [6.07, 6.45) is -0.699. The van der Waals surface area contributed by atoms with Crippen LogP contribution in [0.5, 0.6) is 17.2 Å². The highest BCUT2D eigenvalue weighted by atomic mass is 16.5. The molecule has 0 saturated heterocycles. The van der Waals surface area contributed by atoms with Gasteiger partial charge in [0.25, 0.3) is 5.91 Å². The lowest BCUT2D eigenvalue weighted by Gasteiger charge is -2.15. The molecule has 1 aromatic carbocycles. The van der Waals surface area contributed by atoms with E-state index in [0.29, 0.717) is 23.7 Å². The first-order chi connectivity index (χ1) is 12.4. The minimum absolute atomic E-state index is 0.0379. The van der Waals surface area contributed by atoms with Crippen LogP contribution in [0.4, 0.5) is 4.79 Å². The molecule has 9 nitrogen and oxygen atoms in total. The fourth-order valence-corrected chi connectivity index (χ4v) is 2.11. The Morgan fingerprint density at radius 1 is 1.04 bits per heavy atom. The Morgan fingerprint density at radius 3 is 2.08 bits per heavy atom. The summed E-state index contributed by atoms with van der Waals surface area (Å²) in [7, 11) is 5.88. The van der Waals surface area contributed by atoms with Gasteiger partial charge in [-0.2, -0.15) is 0 Å². The van der Waals surface area contributed by atoms with Crippen LogP contribution in [-0.4, -0.2) is 52.4 Å². The molecule has 0 radical (unpaired) electrons. The summed E-state index contributed by atoms with van der Waals surface area (Å²) in [5.74, 6) is 0.145. The SMILES string of the molecule is CNC(=O)NC(=O)[C@H](C)OC(=O)CCc1cc(OC)c(OC)c(OC)c1. The highest BCUT2D eigenvalue weighted by Gasteiger charge is 2.20. The van der Waals surface area contributed by atoms with Crippen LogP contribution in [0, 0.1) is 0 Å². The standard InChI is InChI=1S/C17H24N2O7/c1-10(16(21)19-17(22)18-2)26-14(20)7-6-11-8-12(23-3)15(25-5)13(9-11)24-4/h8-10H,6-7H2,1-5H3,(H2,18,19,21,22)/t10-/m0/s1. The van der Waals surface area contributed by atoms with Gasteiger partial charge in [0.05, 0.1) is 21.3 Å². The highest BCUT2D eigenvalue weighted by Crippen LogP contribution is 2.38. The number of esters is 1. The zero-order valence-electron chi connectivity index (χ0n) is 15.5. The van der Waals surface area contributed by atoms with Gasteiger partial charge in [-0.1, -0.05) is 0 Å². The minimum Gasteiger partial charge on any atom is -0.493 e.